The van der Waals surface area contributed by atoms with Crippen LogP contribution in [-0.2, 0) is 0 Å². The zero-order valence-corrected chi connectivity index (χ0v) is 8.10. The van der Waals surface area contributed by atoms with E-state index in [1.165, 1.54) is 0 Å². The third-order valence-corrected chi connectivity index (χ3v) is 2.66. The maximum Gasteiger partial charge on any atom is 0.138 e. The van der Waals surface area contributed by atoms with Crippen LogP contribution >= 0.6 is 0 Å². The van der Waals surface area contributed by atoms with E-state index in [-0.39, 0.29) is 0 Å². The van der Waals surface area contributed by atoms with Gasteiger partial charge >= 0.3 is 0 Å². The summed E-state index contributed by atoms with van der Waals surface area (Å²) in [5.74, 6) is 1.09. The van der Waals surface area contributed by atoms with Crippen LogP contribution in [0.2, 0.25) is 0 Å². The molecule has 1 aliphatic heterocycles. The highest BCUT2D eigenvalue weighted by molar-refractivity contribution is 5.93. The van der Waals surface area contributed by atoms with Crippen molar-refractivity contribution in [2.24, 2.45) is 0 Å². The average molecular weight is 198 g/mol. The van der Waals surface area contributed by atoms with Gasteiger partial charge in [-0.05, 0) is 17.5 Å². The highest BCUT2D eigenvalue weighted by Crippen LogP contribution is 2.35. The zero-order chi connectivity index (χ0) is 10.3. The van der Waals surface area contributed by atoms with Crippen molar-refractivity contribution < 1.29 is 9.84 Å². The molecule has 0 fully saturated rings. The molecule has 0 aliphatic carbocycles. The van der Waals surface area contributed by atoms with Crippen molar-refractivity contribution in [1.82, 2.24) is 0 Å². The lowest BCUT2D eigenvalue weighted by Gasteiger charge is -2.17. The Morgan fingerprint density at radius 3 is 2.87 bits per heavy atom. The number of aliphatic hydroxyl groups is 1. The predicted molar refractivity (Wildman–Crippen MR) is 60.0 cm³/mol. The van der Waals surface area contributed by atoms with Crippen LogP contribution in [0.4, 0.5) is 0 Å². The van der Waals surface area contributed by atoms with Gasteiger partial charge in [0.05, 0.1) is 5.56 Å². The topological polar surface area (TPSA) is 29.5 Å². The van der Waals surface area contributed by atoms with Gasteiger partial charge in [-0.15, -0.1) is 0 Å². The first-order valence-corrected chi connectivity index (χ1v) is 4.90. The Morgan fingerprint density at radius 1 is 1.07 bits per heavy atom. The summed E-state index contributed by atoms with van der Waals surface area (Å²) < 4.78 is 5.57. The normalized spacial score (nSPS) is 14.3. The van der Waals surface area contributed by atoms with Crippen LogP contribution in [0.1, 0.15) is 5.56 Å². The van der Waals surface area contributed by atoms with Gasteiger partial charge in [-0.2, -0.15) is 0 Å². The quantitative estimate of drug-likeness (QED) is 0.704. The van der Waals surface area contributed by atoms with E-state index >= 15 is 0 Å². The average Bonchev–Trinajstić information content (AvgIpc) is 2.29. The fourth-order valence-corrected chi connectivity index (χ4v) is 1.91. The van der Waals surface area contributed by atoms with Crippen molar-refractivity contribution in [2.45, 2.75) is 0 Å². The van der Waals surface area contributed by atoms with Crippen LogP contribution in [0.3, 0.4) is 0 Å². The van der Waals surface area contributed by atoms with E-state index < -0.39 is 0 Å². The molecule has 15 heavy (non-hydrogen) atoms. The van der Waals surface area contributed by atoms with Crippen molar-refractivity contribution in [3.8, 4) is 5.75 Å². The SMILES string of the molecule is OC1=CCOc2c1ccc1ccccc21. The predicted octanol–water partition coefficient (Wildman–Crippen LogP) is 3.13. The molecule has 0 radical (unpaired) electrons. The van der Waals surface area contributed by atoms with Crippen LogP contribution in [0, 0.1) is 0 Å². The van der Waals surface area contributed by atoms with E-state index in [4.69, 9.17) is 4.74 Å². The van der Waals surface area contributed by atoms with Gasteiger partial charge in [0, 0.05) is 5.39 Å². The number of rotatable bonds is 0. The van der Waals surface area contributed by atoms with E-state index in [1.54, 1.807) is 6.08 Å². The van der Waals surface area contributed by atoms with Crippen molar-refractivity contribution in [2.75, 3.05) is 6.61 Å². The molecule has 2 aromatic rings. The number of hydrogen-bond donors (Lipinski definition) is 1. The largest absolute Gasteiger partial charge is 0.507 e. The third-order valence-electron chi connectivity index (χ3n) is 2.66. The zero-order valence-electron chi connectivity index (χ0n) is 8.10. The molecular formula is C13H10O2. The third kappa shape index (κ3) is 1.18. The number of hydrogen-bond acceptors (Lipinski definition) is 2. The fraction of sp³-hybridized carbons (Fsp3) is 0.0769. The van der Waals surface area contributed by atoms with Gasteiger partial charge in [0.25, 0.3) is 0 Å². The standard InChI is InChI=1S/C13H10O2/c14-12-7-8-15-13-10-4-2-1-3-9(10)5-6-11(12)13/h1-7,14H,8H2. The summed E-state index contributed by atoms with van der Waals surface area (Å²) in [6.07, 6.45) is 1.68. The summed E-state index contributed by atoms with van der Waals surface area (Å²) in [6, 6.07) is 11.9. The van der Waals surface area contributed by atoms with E-state index in [9.17, 15) is 5.11 Å². The number of benzene rings is 2. The molecule has 0 atom stereocenters. The second-order valence-electron chi connectivity index (χ2n) is 3.56. The van der Waals surface area contributed by atoms with Crippen molar-refractivity contribution in [1.29, 1.82) is 0 Å². The van der Waals surface area contributed by atoms with Crippen LogP contribution < -0.4 is 4.74 Å². The van der Waals surface area contributed by atoms with E-state index in [0.29, 0.717) is 12.4 Å². The molecule has 0 saturated carbocycles. The van der Waals surface area contributed by atoms with Gasteiger partial charge in [0.1, 0.15) is 18.1 Å². The lowest BCUT2D eigenvalue weighted by Crippen LogP contribution is -2.04. The molecule has 0 bridgehead atoms. The Labute approximate surface area is 87.4 Å². The molecule has 2 aromatic carbocycles. The first-order valence-electron chi connectivity index (χ1n) is 4.90. The lowest BCUT2D eigenvalue weighted by atomic mass is 10.0. The van der Waals surface area contributed by atoms with E-state index in [1.807, 2.05) is 36.4 Å². The molecule has 74 valence electrons. The molecule has 1 aliphatic rings. The first-order chi connectivity index (χ1) is 7.36. The first kappa shape index (κ1) is 8.36. The Balaban J connectivity index is 2.39. The summed E-state index contributed by atoms with van der Waals surface area (Å²) in [6.45, 7) is 0.437. The minimum absolute atomic E-state index is 0.307. The molecule has 1 heterocycles. The summed E-state index contributed by atoms with van der Waals surface area (Å²) in [5, 5.41) is 11.9. The Bertz CT molecular complexity index is 555. The summed E-state index contributed by atoms with van der Waals surface area (Å²) >= 11 is 0. The molecule has 1 N–H and O–H groups in total. The van der Waals surface area contributed by atoms with Crippen molar-refractivity contribution in [3.63, 3.8) is 0 Å². The van der Waals surface area contributed by atoms with Crippen LogP contribution in [0.5, 0.6) is 5.75 Å². The Kier molecular flexibility index (Phi) is 1.68. The van der Waals surface area contributed by atoms with Crippen LogP contribution in [0.25, 0.3) is 16.5 Å². The molecule has 2 heteroatoms. The van der Waals surface area contributed by atoms with E-state index in [2.05, 4.69) is 0 Å². The second-order valence-corrected chi connectivity index (χ2v) is 3.56. The molecule has 3 rings (SSSR count). The van der Waals surface area contributed by atoms with Crippen LogP contribution in [0.15, 0.2) is 42.5 Å². The molecular weight excluding hydrogens is 188 g/mol. The van der Waals surface area contributed by atoms with Crippen molar-refractivity contribution >= 4 is 16.5 Å². The molecule has 2 nitrogen and oxygen atoms in total. The summed E-state index contributed by atoms with van der Waals surface area (Å²) in [7, 11) is 0. The Morgan fingerprint density at radius 2 is 1.93 bits per heavy atom. The lowest BCUT2D eigenvalue weighted by molar-refractivity contribution is 0.350. The second kappa shape index (κ2) is 3.02. The molecule has 0 aromatic heterocycles. The summed E-state index contributed by atoms with van der Waals surface area (Å²) in [4.78, 5) is 0. The van der Waals surface area contributed by atoms with Gasteiger partial charge in [-0.25, -0.2) is 0 Å². The molecule has 0 amide bonds. The smallest absolute Gasteiger partial charge is 0.138 e. The molecule has 0 spiro atoms. The maximum atomic E-state index is 9.70. The Hall–Kier alpha value is -1.96. The number of ether oxygens (including phenoxy) is 1. The monoisotopic (exact) mass is 198 g/mol. The molecule has 0 unspecified atom stereocenters. The van der Waals surface area contributed by atoms with Gasteiger partial charge in [0.15, 0.2) is 0 Å². The number of fused-ring (bicyclic) bond motifs is 3. The van der Waals surface area contributed by atoms with Gasteiger partial charge < -0.3 is 9.84 Å². The number of aliphatic hydroxyl groups excluding tert-OH is 1. The summed E-state index contributed by atoms with van der Waals surface area (Å²) in [5.41, 5.74) is 0.778. The highest BCUT2D eigenvalue weighted by atomic mass is 16.5. The van der Waals surface area contributed by atoms with Crippen LogP contribution in [-0.4, -0.2) is 11.7 Å². The molecule has 0 saturated heterocycles. The van der Waals surface area contributed by atoms with E-state index in [0.717, 1.165) is 22.1 Å². The van der Waals surface area contributed by atoms with Gasteiger partial charge in [0.2, 0.25) is 0 Å². The highest BCUT2D eigenvalue weighted by Gasteiger charge is 2.15. The maximum absolute atomic E-state index is 9.70. The fourth-order valence-electron chi connectivity index (χ4n) is 1.91. The minimum atomic E-state index is 0.307. The van der Waals surface area contributed by atoms with Crippen molar-refractivity contribution in [3.05, 3.63) is 48.0 Å². The van der Waals surface area contributed by atoms with Gasteiger partial charge in [-0.1, -0.05) is 30.3 Å². The minimum Gasteiger partial charge on any atom is -0.507 e. The van der Waals surface area contributed by atoms with Gasteiger partial charge in [-0.3, -0.25) is 0 Å².